The maximum absolute atomic E-state index is 13.4. The lowest BCUT2D eigenvalue weighted by molar-refractivity contribution is 0.0524. The first-order valence-electron chi connectivity index (χ1n) is 13.9. The zero-order valence-corrected chi connectivity index (χ0v) is 23.6. The topological polar surface area (TPSA) is 82.4 Å². The summed E-state index contributed by atoms with van der Waals surface area (Å²) < 4.78 is 18.7. The first-order valence-corrected chi connectivity index (χ1v) is 14.7. The number of rotatable bonds is 8. The Morgan fingerprint density at radius 2 is 1.97 bits per heavy atom. The molecule has 2 aromatic heterocycles. The van der Waals surface area contributed by atoms with Crippen LogP contribution in [-0.2, 0) is 15.9 Å². The van der Waals surface area contributed by atoms with Gasteiger partial charge in [-0.3, -0.25) is 9.80 Å². The van der Waals surface area contributed by atoms with Crippen LogP contribution in [0.1, 0.15) is 72.3 Å². The van der Waals surface area contributed by atoms with Gasteiger partial charge in [0.25, 0.3) is 0 Å². The summed E-state index contributed by atoms with van der Waals surface area (Å²) in [7, 11) is 3.41. The monoisotopic (exact) mass is 549 g/mol. The number of hydrazone groups is 1. The van der Waals surface area contributed by atoms with Gasteiger partial charge in [-0.25, -0.2) is 4.79 Å². The van der Waals surface area contributed by atoms with Gasteiger partial charge in [0.05, 0.1) is 43.0 Å². The van der Waals surface area contributed by atoms with Crippen LogP contribution in [0.2, 0.25) is 0 Å². The van der Waals surface area contributed by atoms with Crippen molar-refractivity contribution < 1.29 is 19.0 Å². The molecule has 6 rings (SSSR count). The van der Waals surface area contributed by atoms with Gasteiger partial charge in [0.1, 0.15) is 5.56 Å². The predicted molar refractivity (Wildman–Crippen MR) is 153 cm³/mol. The van der Waals surface area contributed by atoms with E-state index in [1.54, 1.807) is 38.7 Å². The molecule has 0 spiro atoms. The molecule has 9 heteroatoms. The highest BCUT2D eigenvalue weighted by Gasteiger charge is 2.31. The molecule has 3 aromatic rings. The van der Waals surface area contributed by atoms with Crippen molar-refractivity contribution in [1.82, 2.24) is 9.58 Å². The van der Waals surface area contributed by atoms with Crippen LogP contribution in [-0.4, -0.2) is 61.3 Å². The summed E-state index contributed by atoms with van der Waals surface area (Å²) in [6, 6.07) is 6.62. The zero-order chi connectivity index (χ0) is 27.1. The van der Waals surface area contributed by atoms with Gasteiger partial charge in [-0.05, 0) is 70.1 Å². The third-order valence-corrected chi connectivity index (χ3v) is 9.17. The Labute approximate surface area is 232 Å². The van der Waals surface area contributed by atoms with Crippen molar-refractivity contribution in [2.45, 2.75) is 64.0 Å². The molecular formula is C30H35N3O5S. The molecule has 1 saturated carbocycles. The average molecular weight is 550 g/mol. The van der Waals surface area contributed by atoms with Crippen LogP contribution < -0.4 is 10.2 Å². The second-order valence-electron chi connectivity index (χ2n) is 10.5. The van der Waals surface area contributed by atoms with Crippen molar-refractivity contribution in [2.75, 3.05) is 34.0 Å². The van der Waals surface area contributed by atoms with Crippen molar-refractivity contribution >= 4 is 33.9 Å². The van der Waals surface area contributed by atoms with Crippen molar-refractivity contribution in [1.29, 1.82) is 0 Å². The highest BCUT2D eigenvalue weighted by molar-refractivity contribution is 7.16. The number of aromatic nitrogens is 1. The number of pyridine rings is 1. The Hall–Kier alpha value is -3.17. The Morgan fingerprint density at radius 1 is 1.13 bits per heavy atom. The van der Waals surface area contributed by atoms with Gasteiger partial charge < -0.3 is 18.8 Å². The van der Waals surface area contributed by atoms with Crippen molar-refractivity contribution in [3.63, 3.8) is 0 Å². The number of nitrogens with zero attached hydrogens (tertiary/aromatic N) is 3. The lowest BCUT2D eigenvalue weighted by atomic mass is 9.96. The number of thiophene rings is 1. The van der Waals surface area contributed by atoms with Crippen molar-refractivity contribution in [2.24, 2.45) is 5.10 Å². The van der Waals surface area contributed by atoms with E-state index < -0.39 is 5.97 Å². The highest BCUT2D eigenvalue weighted by Crippen LogP contribution is 2.45. The van der Waals surface area contributed by atoms with E-state index in [0.29, 0.717) is 23.8 Å². The zero-order valence-electron chi connectivity index (χ0n) is 22.8. The molecule has 3 heterocycles. The normalized spacial score (nSPS) is 20.0. The minimum Gasteiger partial charge on any atom is -0.494 e. The summed E-state index contributed by atoms with van der Waals surface area (Å²) in [6.45, 7) is 3.64. The summed E-state index contributed by atoms with van der Waals surface area (Å²) in [5, 5.41) is 7.83. The molecule has 3 aliphatic rings. The van der Waals surface area contributed by atoms with E-state index in [1.165, 1.54) is 10.4 Å². The quantitative estimate of drug-likeness (QED) is 0.350. The molecule has 206 valence electrons. The van der Waals surface area contributed by atoms with E-state index in [-0.39, 0.29) is 23.6 Å². The van der Waals surface area contributed by atoms with Crippen LogP contribution in [0.4, 0.5) is 0 Å². The van der Waals surface area contributed by atoms with E-state index in [1.807, 2.05) is 12.1 Å². The first-order chi connectivity index (χ1) is 19.0. The number of carbonyl (C=O) groups is 1. The van der Waals surface area contributed by atoms with Gasteiger partial charge in [0, 0.05) is 46.8 Å². The number of esters is 1. The molecule has 0 bridgehead atoms. The molecule has 1 aliphatic heterocycles. The number of aryl methyl sites for hydroxylation is 1. The van der Waals surface area contributed by atoms with Gasteiger partial charge in [-0.1, -0.05) is 0 Å². The first kappa shape index (κ1) is 26.1. The van der Waals surface area contributed by atoms with Crippen LogP contribution >= 0.6 is 11.3 Å². The third kappa shape index (κ3) is 4.76. The van der Waals surface area contributed by atoms with Gasteiger partial charge in [0.2, 0.25) is 5.43 Å². The molecular weight excluding hydrogens is 514 g/mol. The lowest BCUT2D eigenvalue weighted by Crippen LogP contribution is -2.30. The summed E-state index contributed by atoms with van der Waals surface area (Å²) >= 11 is 1.78. The lowest BCUT2D eigenvalue weighted by Gasteiger charge is -2.23. The molecule has 0 amide bonds. The predicted octanol–water partition coefficient (Wildman–Crippen LogP) is 5.40. The van der Waals surface area contributed by atoms with Gasteiger partial charge in [-0.15, -0.1) is 11.3 Å². The fraction of sp³-hybridized carbons (Fsp3) is 0.500. The van der Waals surface area contributed by atoms with Crippen LogP contribution in [0.15, 0.2) is 34.3 Å². The smallest absolute Gasteiger partial charge is 0.343 e. The Kier molecular flexibility index (Phi) is 7.20. The van der Waals surface area contributed by atoms with Gasteiger partial charge in [-0.2, -0.15) is 5.10 Å². The summed E-state index contributed by atoms with van der Waals surface area (Å²) in [5.74, 6) is 0.0917. The molecule has 0 unspecified atom stereocenters. The fourth-order valence-electron chi connectivity index (χ4n) is 5.93. The molecule has 0 radical (unpaired) electrons. The van der Waals surface area contributed by atoms with Crippen LogP contribution in [0, 0.1) is 0 Å². The molecule has 8 nitrogen and oxygen atoms in total. The molecule has 1 saturated heterocycles. The van der Waals surface area contributed by atoms with Crippen molar-refractivity contribution in [3.05, 3.63) is 50.6 Å². The number of ether oxygens (including phenoxy) is 3. The Bertz CT molecular complexity index is 1500. The maximum Gasteiger partial charge on any atom is 0.343 e. The second kappa shape index (κ2) is 10.8. The molecule has 2 fully saturated rings. The summed E-state index contributed by atoms with van der Waals surface area (Å²) in [5.41, 5.74) is 3.84. The Morgan fingerprint density at radius 3 is 2.72 bits per heavy atom. The molecule has 2 aliphatic carbocycles. The van der Waals surface area contributed by atoms with E-state index >= 15 is 0 Å². The van der Waals surface area contributed by atoms with E-state index in [4.69, 9.17) is 19.3 Å². The minimum atomic E-state index is -0.578. The number of carbonyl (C=O) groups excluding carboxylic acids is 1. The number of benzene rings is 1. The molecule has 1 aromatic carbocycles. The van der Waals surface area contributed by atoms with E-state index in [2.05, 4.69) is 15.6 Å². The van der Waals surface area contributed by atoms with Gasteiger partial charge >= 0.3 is 5.97 Å². The maximum atomic E-state index is 13.4. The molecule has 39 heavy (non-hydrogen) atoms. The SMILES string of the molecule is CCOC(=O)c1cn(C2CC2)c2c(OC)c(-c3cc4c(s3)CCCC4=NN3CCC[C@@H]3COC)ccc2c1=O. The van der Waals surface area contributed by atoms with Crippen molar-refractivity contribution in [3.8, 4) is 16.2 Å². The highest BCUT2D eigenvalue weighted by atomic mass is 32.1. The number of methoxy groups -OCH3 is 2. The average Bonchev–Trinajstić information content (AvgIpc) is 3.54. The van der Waals surface area contributed by atoms with E-state index in [0.717, 1.165) is 73.2 Å². The van der Waals surface area contributed by atoms with E-state index in [9.17, 15) is 9.59 Å². The third-order valence-electron chi connectivity index (χ3n) is 7.94. The summed E-state index contributed by atoms with van der Waals surface area (Å²) in [4.78, 5) is 28.4. The molecule has 0 N–H and O–H groups in total. The minimum absolute atomic E-state index is 0.0761. The fourth-order valence-corrected chi connectivity index (χ4v) is 7.18. The number of hydrogen-bond donors (Lipinski definition) is 0. The Balaban J connectivity index is 1.45. The van der Waals surface area contributed by atoms with Crippen LogP contribution in [0.3, 0.4) is 0 Å². The standard InChI is InChI=1S/C30H35N3O5S/c1-4-38-30(35)23-16-32(18-10-11-18)27-21(28(23)34)13-12-20(29(27)37-3)26-15-22-24(8-5-9-25(22)39-26)31-33-14-6-7-19(33)17-36-2/h12-13,15-16,18-19H,4-11,14,17H2,1-3H3/t19-/m1/s1. The van der Waals surface area contributed by atoms with Gasteiger partial charge in [0.15, 0.2) is 5.75 Å². The number of hydrogen-bond acceptors (Lipinski definition) is 8. The summed E-state index contributed by atoms with van der Waals surface area (Å²) in [6.07, 6.45) is 9.01. The van der Waals surface area contributed by atoms with Crippen LogP contribution in [0.5, 0.6) is 5.75 Å². The largest absolute Gasteiger partial charge is 0.494 e. The second-order valence-corrected chi connectivity index (χ2v) is 11.7. The number of fused-ring (bicyclic) bond motifs is 2. The molecule has 1 atom stereocenters. The van der Waals surface area contributed by atoms with Crippen LogP contribution in [0.25, 0.3) is 21.3 Å².